The molecule has 212 valence electrons. The van der Waals surface area contributed by atoms with E-state index in [2.05, 4.69) is 10.5 Å². The summed E-state index contributed by atoms with van der Waals surface area (Å²) in [7, 11) is -1.28. The molecular formula is C30H28ClN3O6S. The van der Waals surface area contributed by atoms with Crippen molar-refractivity contribution in [3.8, 4) is 17.2 Å². The maximum Gasteiger partial charge on any atom is 0.264 e. The third kappa shape index (κ3) is 7.77. The first kappa shape index (κ1) is 29.4. The van der Waals surface area contributed by atoms with Crippen LogP contribution in [0.1, 0.15) is 11.1 Å². The van der Waals surface area contributed by atoms with Gasteiger partial charge in [-0.05, 0) is 71.8 Å². The van der Waals surface area contributed by atoms with Gasteiger partial charge in [-0.2, -0.15) is 5.10 Å². The number of amides is 1. The summed E-state index contributed by atoms with van der Waals surface area (Å²) in [6, 6.07) is 27.0. The van der Waals surface area contributed by atoms with E-state index in [1.807, 2.05) is 18.2 Å². The summed E-state index contributed by atoms with van der Waals surface area (Å²) in [4.78, 5) is 12.9. The maximum atomic E-state index is 13.6. The number of carbonyl (C=O) groups excluding carboxylic acids is 1. The number of anilines is 1. The lowest BCUT2D eigenvalue weighted by atomic mass is 10.2. The molecule has 1 amide bonds. The highest BCUT2D eigenvalue weighted by atomic mass is 35.5. The second kappa shape index (κ2) is 13.7. The number of hydrazone groups is 1. The molecule has 4 rings (SSSR count). The topological polar surface area (TPSA) is 107 Å². The molecule has 0 fully saturated rings. The number of ether oxygens (including phenoxy) is 3. The smallest absolute Gasteiger partial charge is 0.264 e. The van der Waals surface area contributed by atoms with Gasteiger partial charge in [-0.25, -0.2) is 13.8 Å². The van der Waals surface area contributed by atoms with E-state index in [4.69, 9.17) is 25.8 Å². The molecule has 0 aromatic heterocycles. The lowest BCUT2D eigenvalue weighted by Gasteiger charge is -2.25. The van der Waals surface area contributed by atoms with Crippen LogP contribution in [0.15, 0.2) is 107 Å². The van der Waals surface area contributed by atoms with E-state index in [-0.39, 0.29) is 16.3 Å². The van der Waals surface area contributed by atoms with Crippen LogP contribution in [0.3, 0.4) is 0 Å². The zero-order valence-corrected chi connectivity index (χ0v) is 23.9. The van der Waals surface area contributed by atoms with Gasteiger partial charge in [0.1, 0.15) is 30.4 Å². The molecular weight excluding hydrogens is 566 g/mol. The Bertz CT molecular complexity index is 1610. The first-order valence-corrected chi connectivity index (χ1v) is 14.2. The molecule has 0 atom stereocenters. The van der Waals surface area contributed by atoms with E-state index in [1.54, 1.807) is 60.7 Å². The van der Waals surface area contributed by atoms with Gasteiger partial charge in [-0.15, -0.1) is 0 Å². The minimum absolute atomic E-state index is 0.0128. The number of sulfonamides is 1. The van der Waals surface area contributed by atoms with Crippen molar-refractivity contribution in [1.29, 1.82) is 0 Å². The molecule has 41 heavy (non-hydrogen) atoms. The zero-order chi connectivity index (χ0) is 29.2. The van der Waals surface area contributed by atoms with E-state index in [9.17, 15) is 13.2 Å². The van der Waals surface area contributed by atoms with Crippen molar-refractivity contribution >= 4 is 39.4 Å². The second-order valence-corrected chi connectivity index (χ2v) is 10.9. The number of hydrogen-bond acceptors (Lipinski definition) is 7. The molecule has 0 heterocycles. The van der Waals surface area contributed by atoms with Gasteiger partial charge in [-0.3, -0.25) is 9.10 Å². The highest BCUT2D eigenvalue weighted by Crippen LogP contribution is 2.35. The van der Waals surface area contributed by atoms with Crippen molar-refractivity contribution in [1.82, 2.24) is 5.43 Å². The molecule has 0 bridgehead atoms. The fourth-order valence-electron chi connectivity index (χ4n) is 3.80. The number of methoxy groups -OCH3 is 2. The van der Waals surface area contributed by atoms with Gasteiger partial charge in [-0.1, -0.05) is 41.9 Å². The number of carbonyl (C=O) groups is 1. The Morgan fingerprint density at radius 1 is 0.902 bits per heavy atom. The first-order chi connectivity index (χ1) is 19.8. The Morgan fingerprint density at radius 3 is 2.32 bits per heavy atom. The van der Waals surface area contributed by atoms with Gasteiger partial charge in [0.25, 0.3) is 15.9 Å². The van der Waals surface area contributed by atoms with Gasteiger partial charge in [0.2, 0.25) is 0 Å². The highest BCUT2D eigenvalue weighted by molar-refractivity contribution is 7.92. The number of halogens is 1. The third-order valence-corrected chi connectivity index (χ3v) is 7.86. The Hall–Kier alpha value is -4.54. The molecule has 0 aliphatic carbocycles. The molecule has 0 aliphatic rings. The molecule has 4 aromatic rings. The number of hydrogen-bond donors (Lipinski definition) is 1. The Kier molecular flexibility index (Phi) is 9.83. The Balaban J connectivity index is 1.46. The molecule has 1 N–H and O–H groups in total. The average molecular weight is 594 g/mol. The van der Waals surface area contributed by atoms with Crippen LogP contribution in [0.2, 0.25) is 5.02 Å². The van der Waals surface area contributed by atoms with E-state index in [1.165, 1.54) is 38.6 Å². The van der Waals surface area contributed by atoms with Crippen molar-refractivity contribution in [3.05, 3.63) is 113 Å². The van der Waals surface area contributed by atoms with Gasteiger partial charge >= 0.3 is 0 Å². The first-order valence-electron chi connectivity index (χ1n) is 12.4. The van der Waals surface area contributed by atoms with E-state index in [0.717, 1.165) is 9.87 Å². The number of nitrogens with one attached hydrogen (secondary N) is 1. The molecule has 0 aliphatic heterocycles. The van der Waals surface area contributed by atoms with E-state index in [0.29, 0.717) is 28.7 Å². The van der Waals surface area contributed by atoms with Gasteiger partial charge in [0.15, 0.2) is 0 Å². The van der Waals surface area contributed by atoms with Gasteiger partial charge in [0, 0.05) is 11.1 Å². The van der Waals surface area contributed by atoms with Crippen molar-refractivity contribution in [3.63, 3.8) is 0 Å². The summed E-state index contributed by atoms with van der Waals surface area (Å²) in [5, 5.41) is 4.64. The van der Waals surface area contributed by atoms with Crippen molar-refractivity contribution in [2.24, 2.45) is 5.10 Å². The molecule has 0 radical (unpaired) electrons. The van der Waals surface area contributed by atoms with Crippen LogP contribution in [-0.4, -0.2) is 41.3 Å². The largest absolute Gasteiger partial charge is 0.497 e. The monoisotopic (exact) mass is 593 g/mol. The third-order valence-electron chi connectivity index (χ3n) is 5.85. The minimum Gasteiger partial charge on any atom is -0.497 e. The van der Waals surface area contributed by atoms with Gasteiger partial charge < -0.3 is 14.2 Å². The molecule has 0 saturated heterocycles. The minimum atomic E-state index is -4.15. The predicted octanol–water partition coefficient (Wildman–Crippen LogP) is 5.28. The van der Waals surface area contributed by atoms with Gasteiger partial charge in [0.05, 0.1) is 31.0 Å². The highest BCUT2D eigenvalue weighted by Gasteiger charge is 2.29. The number of benzene rings is 4. The van der Waals surface area contributed by atoms with E-state index < -0.39 is 22.5 Å². The molecule has 9 nitrogen and oxygen atoms in total. The second-order valence-electron chi connectivity index (χ2n) is 8.64. The maximum absolute atomic E-state index is 13.6. The summed E-state index contributed by atoms with van der Waals surface area (Å²) >= 11 is 6.01. The summed E-state index contributed by atoms with van der Waals surface area (Å²) in [5.41, 5.74) is 4.18. The SMILES string of the molecule is COc1ccc(OC)c(N(CC(=O)N/N=C\c2ccc(OCc3cccc(Cl)c3)cc2)S(=O)(=O)c2ccccc2)c1. The predicted molar refractivity (Wildman–Crippen MR) is 158 cm³/mol. The van der Waals surface area contributed by atoms with Crippen molar-refractivity contribution in [2.45, 2.75) is 11.5 Å². The zero-order valence-electron chi connectivity index (χ0n) is 22.4. The Morgan fingerprint density at radius 2 is 1.63 bits per heavy atom. The van der Waals surface area contributed by atoms with Crippen LogP contribution < -0.4 is 23.9 Å². The lowest BCUT2D eigenvalue weighted by molar-refractivity contribution is -0.119. The fourth-order valence-corrected chi connectivity index (χ4v) is 5.46. The summed E-state index contributed by atoms with van der Waals surface area (Å²) in [5.74, 6) is 0.638. The fraction of sp³-hybridized carbons (Fsp3) is 0.133. The molecule has 4 aromatic carbocycles. The van der Waals surface area contributed by atoms with Crippen molar-refractivity contribution in [2.75, 3.05) is 25.1 Å². The van der Waals surface area contributed by atoms with Crippen LogP contribution in [0.5, 0.6) is 17.2 Å². The summed E-state index contributed by atoms with van der Waals surface area (Å²) < 4.78 is 44.6. The standard InChI is InChI=1S/C30H28ClN3O6S/c1-38-26-15-16-29(39-2)28(18-26)34(41(36,37)27-9-4-3-5-10-27)20-30(35)33-32-19-22-11-13-25(14-12-22)40-21-23-7-6-8-24(31)17-23/h3-19H,20-21H2,1-2H3,(H,33,35)/b32-19-. The number of rotatable bonds is 12. The molecule has 11 heteroatoms. The summed E-state index contributed by atoms with van der Waals surface area (Å²) in [6.07, 6.45) is 1.45. The molecule has 0 spiro atoms. The number of nitrogens with zero attached hydrogens (tertiary/aromatic N) is 2. The quantitative estimate of drug-likeness (QED) is 0.177. The summed E-state index contributed by atoms with van der Waals surface area (Å²) in [6.45, 7) is -0.196. The van der Waals surface area contributed by atoms with Crippen LogP contribution in [-0.2, 0) is 21.4 Å². The Labute approximate surface area is 244 Å². The molecule has 0 saturated carbocycles. The normalized spacial score (nSPS) is 11.2. The van der Waals surface area contributed by atoms with Crippen LogP contribution in [0.4, 0.5) is 5.69 Å². The molecule has 0 unspecified atom stereocenters. The van der Waals surface area contributed by atoms with E-state index >= 15 is 0 Å². The van der Waals surface area contributed by atoms with Crippen LogP contribution >= 0.6 is 11.6 Å². The van der Waals surface area contributed by atoms with Crippen LogP contribution in [0, 0.1) is 0 Å². The average Bonchev–Trinajstić information content (AvgIpc) is 2.99. The van der Waals surface area contributed by atoms with Crippen molar-refractivity contribution < 1.29 is 27.4 Å². The lowest BCUT2D eigenvalue weighted by Crippen LogP contribution is -2.39. The van der Waals surface area contributed by atoms with Crippen LogP contribution in [0.25, 0.3) is 0 Å².